The molecule has 1 aromatic heterocycles. The van der Waals surface area contributed by atoms with Crippen molar-refractivity contribution in [3.63, 3.8) is 0 Å². The predicted octanol–water partition coefficient (Wildman–Crippen LogP) is 4.40. The molecule has 4 aromatic rings. The van der Waals surface area contributed by atoms with Crippen molar-refractivity contribution in [2.75, 3.05) is 25.2 Å². The van der Waals surface area contributed by atoms with Crippen molar-refractivity contribution in [1.82, 2.24) is 9.55 Å². The number of benzene rings is 3. The summed E-state index contributed by atoms with van der Waals surface area (Å²) in [5, 5.41) is 0. The summed E-state index contributed by atoms with van der Waals surface area (Å²) in [6, 6.07) is 24.5. The van der Waals surface area contributed by atoms with E-state index < -0.39 is 17.9 Å². The summed E-state index contributed by atoms with van der Waals surface area (Å²) in [6.45, 7) is 2.32. The highest BCUT2D eigenvalue weighted by atomic mass is 16.5. The Labute approximate surface area is 203 Å². The third-order valence-corrected chi connectivity index (χ3v) is 6.41. The average molecular weight is 470 g/mol. The standard InChI is InChI=1S/C28H27N3O4/c1-3-35-27(33)24-25(20-13-7-10-16-23(20)34-2)31-22-15-9-8-14-21(22)29-28(31)30(26(24)32)18-17-19-11-5-4-6-12-19/h4-16,24-25H,3,17-18H2,1-2H3/t24-,25-/m0/s1. The lowest BCUT2D eigenvalue weighted by Crippen LogP contribution is -2.50. The van der Waals surface area contributed by atoms with E-state index in [1.165, 1.54) is 0 Å². The fourth-order valence-corrected chi connectivity index (χ4v) is 4.83. The Morgan fingerprint density at radius 1 is 0.971 bits per heavy atom. The van der Waals surface area contributed by atoms with Crippen molar-refractivity contribution in [3.8, 4) is 5.75 Å². The van der Waals surface area contributed by atoms with Crippen molar-refractivity contribution in [3.05, 3.63) is 90.0 Å². The van der Waals surface area contributed by atoms with E-state index in [1.807, 2.05) is 83.4 Å². The number of hydrogen-bond donors (Lipinski definition) is 0. The lowest BCUT2D eigenvalue weighted by atomic mass is 9.88. The summed E-state index contributed by atoms with van der Waals surface area (Å²) in [7, 11) is 1.59. The lowest BCUT2D eigenvalue weighted by molar-refractivity contribution is -0.153. The van der Waals surface area contributed by atoms with Crippen LogP contribution in [0.3, 0.4) is 0 Å². The highest BCUT2D eigenvalue weighted by Crippen LogP contribution is 2.43. The van der Waals surface area contributed by atoms with Gasteiger partial charge in [-0.25, -0.2) is 4.98 Å². The summed E-state index contributed by atoms with van der Waals surface area (Å²) in [4.78, 5) is 33.8. The molecule has 5 rings (SSSR count). The number of fused-ring (bicyclic) bond motifs is 3. The van der Waals surface area contributed by atoms with Gasteiger partial charge >= 0.3 is 5.97 Å². The number of anilines is 1. The van der Waals surface area contributed by atoms with Crippen LogP contribution < -0.4 is 9.64 Å². The number of ether oxygens (including phenoxy) is 2. The second kappa shape index (κ2) is 9.62. The zero-order valence-corrected chi connectivity index (χ0v) is 19.8. The van der Waals surface area contributed by atoms with Crippen molar-refractivity contribution < 1.29 is 19.1 Å². The Morgan fingerprint density at radius 3 is 2.46 bits per heavy atom. The van der Waals surface area contributed by atoms with Crippen LogP contribution in [0.25, 0.3) is 11.0 Å². The van der Waals surface area contributed by atoms with E-state index >= 15 is 0 Å². The molecule has 3 aromatic carbocycles. The molecular weight excluding hydrogens is 442 g/mol. The number of rotatable bonds is 7. The second-order valence-corrected chi connectivity index (χ2v) is 8.41. The first-order chi connectivity index (χ1) is 17.1. The zero-order valence-electron chi connectivity index (χ0n) is 19.8. The predicted molar refractivity (Wildman–Crippen MR) is 133 cm³/mol. The number of carbonyl (C=O) groups is 2. The maximum Gasteiger partial charge on any atom is 0.321 e. The van der Waals surface area contributed by atoms with Crippen molar-refractivity contribution in [1.29, 1.82) is 0 Å². The molecule has 0 radical (unpaired) electrons. The molecule has 2 heterocycles. The number of aromatic nitrogens is 2. The van der Waals surface area contributed by atoms with Gasteiger partial charge in [-0.2, -0.15) is 0 Å². The van der Waals surface area contributed by atoms with Crippen LogP contribution in [0.4, 0.5) is 5.95 Å². The van der Waals surface area contributed by atoms with Crippen LogP contribution >= 0.6 is 0 Å². The molecule has 0 spiro atoms. The molecule has 0 N–H and O–H groups in total. The van der Waals surface area contributed by atoms with Gasteiger partial charge in [0.15, 0.2) is 5.92 Å². The van der Waals surface area contributed by atoms with E-state index in [0.29, 0.717) is 24.7 Å². The first kappa shape index (κ1) is 22.7. The topological polar surface area (TPSA) is 73.7 Å². The summed E-state index contributed by atoms with van der Waals surface area (Å²) in [5.74, 6) is -0.837. The maximum absolute atomic E-state index is 14.0. The van der Waals surface area contributed by atoms with Gasteiger partial charge in [0.1, 0.15) is 5.75 Å². The molecule has 1 aliphatic rings. The van der Waals surface area contributed by atoms with Crippen LogP contribution in [0.15, 0.2) is 78.9 Å². The van der Waals surface area contributed by atoms with E-state index in [9.17, 15) is 9.59 Å². The maximum atomic E-state index is 14.0. The van der Waals surface area contributed by atoms with Crippen molar-refractivity contribution >= 4 is 28.9 Å². The third kappa shape index (κ3) is 4.03. The third-order valence-electron chi connectivity index (χ3n) is 6.41. The Balaban J connectivity index is 1.71. The number of carbonyl (C=O) groups excluding carboxylic acids is 2. The second-order valence-electron chi connectivity index (χ2n) is 8.41. The van der Waals surface area contributed by atoms with Crippen LogP contribution in [0.5, 0.6) is 5.75 Å². The minimum atomic E-state index is -1.08. The number of hydrogen-bond acceptors (Lipinski definition) is 5. The van der Waals surface area contributed by atoms with Gasteiger partial charge in [0.2, 0.25) is 11.9 Å². The largest absolute Gasteiger partial charge is 0.496 e. The molecule has 178 valence electrons. The molecule has 7 nitrogen and oxygen atoms in total. The van der Waals surface area contributed by atoms with Crippen molar-refractivity contribution in [2.24, 2.45) is 5.92 Å². The van der Waals surface area contributed by atoms with E-state index in [1.54, 1.807) is 18.9 Å². The Morgan fingerprint density at radius 2 is 1.69 bits per heavy atom. The number of esters is 1. The van der Waals surface area contributed by atoms with Gasteiger partial charge in [-0.15, -0.1) is 0 Å². The number of methoxy groups -OCH3 is 1. The Bertz CT molecular complexity index is 1370. The molecule has 7 heteroatoms. The molecule has 0 saturated heterocycles. The molecule has 35 heavy (non-hydrogen) atoms. The summed E-state index contributed by atoms with van der Waals surface area (Å²) < 4.78 is 13.1. The fraction of sp³-hybridized carbons (Fsp3) is 0.250. The summed E-state index contributed by atoms with van der Waals surface area (Å²) >= 11 is 0. The van der Waals surface area contributed by atoms with Gasteiger partial charge in [0.05, 0.1) is 30.8 Å². The van der Waals surface area contributed by atoms with Gasteiger partial charge in [0, 0.05) is 12.1 Å². The molecular formula is C28H27N3O4. The van der Waals surface area contributed by atoms with E-state index in [4.69, 9.17) is 14.5 Å². The first-order valence-corrected chi connectivity index (χ1v) is 11.8. The molecule has 0 aliphatic carbocycles. The molecule has 0 saturated carbocycles. The van der Waals surface area contributed by atoms with Crippen molar-refractivity contribution in [2.45, 2.75) is 19.4 Å². The number of nitrogens with zero attached hydrogens (tertiary/aromatic N) is 3. The van der Waals surface area contributed by atoms with E-state index in [-0.39, 0.29) is 12.5 Å². The lowest BCUT2D eigenvalue weighted by Gasteiger charge is -2.38. The van der Waals surface area contributed by atoms with Gasteiger partial charge in [-0.1, -0.05) is 60.7 Å². The van der Waals surface area contributed by atoms with Crippen LogP contribution in [-0.4, -0.2) is 41.7 Å². The summed E-state index contributed by atoms with van der Waals surface area (Å²) in [5.41, 5.74) is 3.42. The van der Waals surface area contributed by atoms with Gasteiger partial charge in [0.25, 0.3) is 0 Å². The normalized spacial score (nSPS) is 17.3. The first-order valence-electron chi connectivity index (χ1n) is 11.8. The van der Waals surface area contributed by atoms with Gasteiger partial charge in [-0.05, 0) is 37.1 Å². The summed E-state index contributed by atoms with van der Waals surface area (Å²) in [6.07, 6.45) is 0.630. The molecule has 0 bridgehead atoms. The van der Waals surface area contributed by atoms with E-state index in [2.05, 4.69) is 0 Å². The number of imidazole rings is 1. The highest BCUT2D eigenvalue weighted by molar-refractivity contribution is 6.08. The molecule has 1 aliphatic heterocycles. The fourth-order valence-electron chi connectivity index (χ4n) is 4.83. The highest BCUT2D eigenvalue weighted by Gasteiger charge is 2.48. The molecule has 1 amide bonds. The van der Waals surface area contributed by atoms with Crippen LogP contribution in [0.2, 0.25) is 0 Å². The Kier molecular flexibility index (Phi) is 6.23. The SMILES string of the molecule is CCOC(=O)[C@@H]1C(=O)N(CCc2ccccc2)c2nc3ccccc3n2[C@H]1c1ccccc1OC. The van der Waals surface area contributed by atoms with Crippen LogP contribution in [0.1, 0.15) is 24.1 Å². The van der Waals surface area contributed by atoms with Gasteiger partial charge in [-0.3, -0.25) is 14.5 Å². The smallest absolute Gasteiger partial charge is 0.321 e. The number of amides is 1. The Hall–Kier alpha value is -4.13. The molecule has 0 unspecified atom stereocenters. The quantitative estimate of drug-likeness (QED) is 0.296. The molecule has 0 fully saturated rings. The monoisotopic (exact) mass is 469 g/mol. The average Bonchev–Trinajstić information content (AvgIpc) is 3.27. The molecule has 2 atom stereocenters. The van der Waals surface area contributed by atoms with Crippen LogP contribution in [-0.2, 0) is 20.7 Å². The minimum Gasteiger partial charge on any atom is -0.496 e. The van der Waals surface area contributed by atoms with Crippen LogP contribution in [0, 0.1) is 5.92 Å². The van der Waals surface area contributed by atoms with Gasteiger partial charge < -0.3 is 14.0 Å². The zero-order chi connectivity index (χ0) is 24.4. The minimum absolute atomic E-state index is 0.183. The van der Waals surface area contributed by atoms with E-state index in [0.717, 1.165) is 22.2 Å². The number of para-hydroxylation sites is 3.